The minimum atomic E-state index is -0.144. The van der Waals surface area contributed by atoms with Gasteiger partial charge in [-0.05, 0) is 44.4 Å². The molecule has 2 amide bonds. The quantitative estimate of drug-likeness (QED) is 0.773. The van der Waals surface area contributed by atoms with Gasteiger partial charge in [0.15, 0.2) is 0 Å². The van der Waals surface area contributed by atoms with Crippen LogP contribution in [0.1, 0.15) is 36.0 Å². The molecule has 1 atom stereocenters. The number of anilines is 1. The average Bonchev–Trinajstić information content (AvgIpc) is 3.08. The zero-order valence-electron chi connectivity index (χ0n) is 11.3. The molecule has 0 aromatic heterocycles. The van der Waals surface area contributed by atoms with Gasteiger partial charge in [0, 0.05) is 6.04 Å². The molecule has 1 saturated heterocycles. The van der Waals surface area contributed by atoms with Gasteiger partial charge in [-0.25, -0.2) is 0 Å². The summed E-state index contributed by atoms with van der Waals surface area (Å²) in [5.41, 5.74) is 1.12. The van der Waals surface area contributed by atoms with Crippen molar-refractivity contribution in [2.75, 3.05) is 11.9 Å². The van der Waals surface area contributed by atoms with E-state index in [2.05, 4.69) is 16.0 Å². The highest BCUT2D eigenvalue weighted by atomic mass is 16.2. The fraction of sp³-hybridized carbons (Fsp3) is 0.467. The molecule has 0 bridgehead atoms. The number of amides is 2. The molecule has 5 heteroatoms. The van der Waals surface area contributed by atoms with Gasteiger partial charge in [0.2, 0.25) is 5.91 Å². The molecule has 1 aromatic carbocycles. The smallest absolute Gasteiger partial charge is 0.253 e. The maximum atomic E-state index is 12.1. The Kier molecular flexibility index (Phi) is 3.69. The number of hydrogen-bond donors (Lipinski definition) is 3. The Morgan fingerprint density at radius 1 is 1.15 bits per heavy atom. The van der Waals surface area contributed by atoms with Crippen molar-refractivity contribution in [1.29, 1.82) is 0 Å². The Hall–Kier alpha value is -1.88. The van der Waals surface area contributed by atoms with Crippen molar-refractivity contribution < 1.29 is 9.59 Å². The van der Waals surface area contributed by atoms with Gasteiger partial charge in [-0.1, -0.05) is 12.1 Å². The summed E-state index contributed by atoms with van der Waals surface area (Å²) >= 11 is 0. The third-order valence-corrected chi connectivity index (χ3v) is 3.72. The van der Waals surface area contributed by atoms with Crippen molar-refractivity contribution in [1.82, 2.24) is 10.6 Å². The fourth-order valence-corrected chi connectivity index (χ4v) is 2.41. The minimum Gasteiger partial charge on any atom is -0.349 e. The molecule has 106 valence electrons. The van der Waals surface area contributed by atoms with Gasteiger partial charge < -0.3 is 16.0 Å². The molecule has 3 rings (SSSR count). The van der Waals surface area contributed by atoms with Crippen LogP contribution in [0.5, 0.6) is 0 Å². The fourth-order valence-electron chi connectivity index (χ4n) is 2.41. The van der Waals surface area contributed by atoms with E-state index in [9.17, 15) is 9.59 Å². The van der Waals surface area contributed by atoms with Crippen LogP contribution < -0.4 is 16.0 Å². The highest BCUT2D eigenvalue weighted by Gasteiger charge is 2.26. The van der Waals surface area contributed by atoms with Crippen molar-refractivity contribution in [3.63, 3.8) is 0 Å². The van der Waals surface area contributed by atoms with Gasteiger partial charge in [0.1, 0.15) is 0 Å². The number of rotatable bonds is 4. The van der Waals surface area contributed by atoms with Gasteiger partial charge in [0.25, 0.3) is 5.91 Å². The summed E-state index contributed by atoms with van der Waals surface area (Å²) in [7, 11) is 0. The van der Waals surface area contributed by atoms with Crippen LogP contribution in [0, 0.1) is 0 Å². The minimum absolute atomic E-state index is 0.0610. The van der Waals surface area contributed by atoms with Crippen LogP contribution in [-0.4, -0.2) is 30.4 Å². The van der Waals surface area contributed by atoms with Gasteiger partial charge in [0.05, 0.1) is 17.3 Å². The van der Waals surface area contributed by atoms with Crippen molar-refractivity contribution in [2.45, 2.75) is 37.8 Å². The molecule has 1 heterocycles. The van der Waals surface area contributed by atoms with Gasteiger partial charge in [-0.2, -0.15) is 0 Å². The maximum absolute atomic E-state index is 12.1. The Bertz CT molecular complexity index is 520. The summed E-state index contributed by atoms with van der Waals surface area (Å²) in [5, 5.41) is 8.97. The number of nitrogens with one attached hydrogen (secondary N) is 3. The lowest BCUT2D eigenvalue weighted by molar-refractivity contribution is -0.117. The first-order chi connectivity index (χ1) is 9.74. The number of hydrogen-bond acceptors (Lipinski definition) is 3. The van der Waals surface area contributed by atoms with E-state index in [0.717, 1.165) is 32.2 Å². The average molecular weight is 273 g/mol. The second kappa shape index (κ2) is 5.63. The highest BCUT2D eigenvalue weighted by molar-refractivity contribution is 6.05. The summed E-state index contributed by atoms with van der Waals surface area (Å²) in [6, 6.07) is 7.32. The lowest BCUT2D eigenvalue weighted by atomic mass is 10.1. The number of carbonyl (C=O) groups excluding carboxylic acids is 2. The first-order valence-electron chi connectivity index (χ1n) is 7.18. The second-order valence-electron chi connectivity index (χ2n) is 5.43. The van der Waals surface area contributed by atoms with Crippen LogP contribution in [0.15, 0.2) is 24.3 Å². The van der Waals surface area contributed by atoms with Crippen LogP contribution in [0.2, 0.25) is 0 Å². The zero-order valence-corrected chi connectivity index (χ0v) is 11.3. The van der Waals surface area contributed by atoms with Gasteiger partial charge in [-0.3, -0.25) is 9.59 Å². The Morgan fingerprint density at radius 2 is 1.95 bits per heavy atom. The molecule has 3 N–H and O–H groups in total. The van der Waals surface area contributed by atoms with Crippen molar-refractivity contribution in [2.24, 2.45) is 0 Å². The molecule has 5 nitrogen and oxygen atoms in total. The van der Waals surface area contributed by atoms with Crippen LogP contribution in [0.25, 0.3) is 0 Å². The van der Waals surface area contributed by atoms with E-state index in [1.165, 1.54) is 0 Å². The lowest BCUT2D eigenvalue weighted by Crippen LogP contribution is -2.36. The van der Waals surface area contributed by atoms with Crippen LogP contribution >= 0.6 is 0 Å². The van der Waals surface area contributed by atoms with Crippen LogP contribution in [0.3, 0.4) is 0 Å². The molecule has 0 unspecified atom stereocenters. The van der Waals surface area contributed by atoms with E-state index in [-0.39, 0.29) is 17.9 Å². The standard InChI is InChI=1S/C15H19N3O2/c19-14(17-10-7-8-10)11-4-1-2-5-12(11)18-15(20)13-6-3-9-16-13/h1-2,4-5,10,13,16H,3,6-9H2,(H,17,19)(H,18,20)/t13-/m1/s1. The molecule has 0 radical (unpaired) electrons. The van der Waals surface area contributed by atoms with E-state index >= 15 is 0 Å². The summed E-state index contributed by atoms with van der Waals surface area (Å²) < 4.78 is 0. The Labute approximate surface area is 118 Å². The van der Waals surface area contributed by atoms with Gasteiger partial charge in [-0.15, -0.1) is 0 Å². The van der Waals surface area contributed by atoms with E-state index in [1.807, 2.05) is 12.1 Å². The first kappa shape index (κ1) is 13.1. The SMILES string of the molecule is O=C(NC1CC1)c1ccccc1NC(=O)[C@H]1CCCN1. The molecule has 0 spiro atoms. The highest BCUT2D eigenvalue weighted by Crippen LogP contribution is 2.22. The lowest BCUT2D eigenvalue weighted by Gasteiger charge is -2.14. The topological polar surface area (TPSA) is 70.2 Å². The largest absolute Gasteiger partial charge is 0.349 e. The van der Waals surface area contributed by atoms with E-state index in [0.29, 0.717) is 17.3 Å². The first-order valence-corrected chi connectivity index (χ1v) is 7.18. The summed E-state index contributed by atoms with van der Waals surface area (Å²) in [6.45, 7) is 0.877. The van der Waals surface area contributed by atoms with Crippen molar-refractivity contribution in [3.05, 3.63) is 29.8 Å². The van der Waals surface area contributed by atoms with E-state index < -0.39 is 0 Å². The molecule has 2 aliphatic rings. The molecule has 20 heavy (non-hydrogen) atoms. The molecule has 2 fully saturated rings. The molecule has 1 aromatic rings. The monoisotopic (exact) mass is 273 g/mol. The predicted octanol–water partition coefficient (Wildman–Crippen LogP) is 1.27. The zero-order chi connectivity index (χ0) is 13.9. The molecule has 1 aliphatic heterocycles. The summed E-state index contributed by atoms with van der Waals surface area (Å²) in [4.78, 5) is 24.3. The maximum Gasteiger partial charge on any atom is 0.253 e. The van der Waals surface area contributed by atoms with Crippen molar-refractivity contribution >= 4 is 17.5 Å². The number of para-hydroxylation sites is 1. The Balaban J connectivity index is 1.71. The van der Waals surface area contributed by atoms with Crippen molar-refractivity contribution in [3.8, 4) is 0 Å². The van der Waals surface area contributed by atoms with Gasteiger partial charge >= 0.3 is 0 Å². The molecule has 1 saturated carbocycles. The molecular formula is C15H19N3O2. The van der Waals surface area contributed by atoms with Crippen LogP contribution in [-0.2, 0) is 4.79 Å². The normalized spacial score (nSPS) is 21.5. The molecular weight excluding hydrogens is 254 g/mol. The third kappa shape index (κ3) is 2.99. The second-order valence-corrected chi connectivity index (χ2v) is 5.43. The number of benzene rings is 1. The number of carbonyl (C=O) groups is 2. The predicted molar refractivity (Wildman–Crippen MR) is 76.6 cm³/mol. The molecule has 1 aliphatic carbocycles. The van der Waals surface area contributed by atoms with E-state index in [4.69, 9.17) is 0 Å². The van der Waals surface area contributed by atoms with E-state index in [1.54, 1.807) is 12.1 Å². The summed E-state index contributed by atoms with van der Waals surface area (Å²) in [6.07, 6.45) is 3.96. The third-order valence-electron chi connectivity index (χ3n) is 3.72. The van der Waals surface area contributed by atoms with Crippen LogP contribution in [0.4, 0.5) is 5.69 Å². The Morgan fingerprint density at radius 3 is 2.65 bits per heavy atom. The summed E-state index contributed by atoms with van der Waals surface area (Å²) in [5.74, 6) is -0.169.